The van der Waals surface area contributed by atoms with Gasteiger partial charge in [0.1, 0.15) is 13.2 Å². The Morgan fingerprint density at radius 2 is 0.494 bits per heavy atom. The molecule has 1 unspecified atom stereocenters. The average molecular weight is 1100 g/mol. The number of carbonyl (C=O) groups is 3. The molecule has 0 bridgehead atoms. The lowest BCUT2D eigenvalue weighted by atomic mass is 10.0. The smallest absolute Gasteiger partial charge is 0.306 e. The average Bonchev–Trinajstić information content (AvgIpc) is 3.45. The fourth-order valence-electron chi connectivity index (χ4n) is 9.28. The molecule has 452 valence electrons. The van der Waals surface area contributed by atoms with Crippen molar-refractivity contribution in [1.29, 1.82) is 0 Å². The Morgan fingerprint density at radius 1 is 0.266 bits per heavy atom. The van der Waals surface area contributed by atoms with Gasteiger partial charge in [-0.2, -0.15) is 0 Å². The zero-order valence-corrected chi connectivity index (χ0v) is 51.9. The zero-order valence-electron chi connectivity index (χ0n) is 51.9. The maximum atomic E-state index is 12.8. The lowest BCUT2D eigenvalue weighted by molar-refractivity contribution is -0.167. The van der Waals surface area contributed by atoms with Gasteiger partial charge in [0.2, 0.25) is 0 Å². The van der Waals surface area contributed by atoms with Gasteiger partial charge in [0, 0.05) is 19.3 Å². The molecule has 79 heavy (non-hydrogen) atoms. The summed E-state index contributed by atoms with van der Waals surface area (Å²) in [4.78, 5) is 38.0. The van der Waals surface area contributed by atoms with Gasteiger partial charge in [0.25, 0.3) is 0 Å². The predicted octanol–water partition coefficient (Wildman–Crippen LogP) is 23.0. The highest BCUT2D eigenvalue weighted by molar-refractivity contribution is 5.71. The predicted molar refractivity (Wildman–Crippen MR) is 343 cm³/mol. The molecule has 1 atom stereocenters. The summed E-state index contributed by atoms with van der Waals surface area (Å²) >= 11 is 0. The molecule has 6 heteroatoms. The van der Waals surface area contributed by atoms with Crippen LogP contribution >= 0.6 is 0 Å². The van der Waals surface area contributed by atoms with Gasteiger partial charge in [0.05, 0.1) is 0 Å². The second-order valence-electron chi connectivity index (χ2n) is 22.0. The molecule has 0 heterocycles. The van der Waals surface area contributed by atoms with Crippen molar-refractivity contribution in [3.05, 3.63) is 109 Å². The molecule has 0 saturated carbocycles. The van der Waals surface area contributed by atoms with Crippen molar-refractivity contribution in [3.63, 3.8) is 0 Å². The first-order chi connectivity index (χ1) is 39.0. The van der Waals surface area contributed by atoms with Gasteiger partial charge >= 0.3 is 17.9 Å². The van der Waals surface area contributed by atoms with E-state index in [-0.39, 0.29) is 31.1 Å². The molecular weight excluding hydrogens is 973 g/mol. The van der Waals surface area contributed by atoms with Crippen molar-refractivity contribution in [3.8, 4) is 0 Å². The van der Waals surface area contributed by atoms with Crippen LogP contribution in [-0.4, -0.2) is 37.2 Å². The maximum Gasteiger partial charge on any atom is 0.306 e. The Morgan fingerprint density at radius 3 is 0.772 bits per heavy atom. The number of rotatable bonds is 60. The molecule has 0 aromatic carbocycles. The SMILES string of the molecule is CC/C=C\C/C=C\C/C=C\C/C=C\C/C=C\C/C=C\CCCCCCCCC(=O)OC(COC(=O)CCCCCCC)COC(=O)CCCCCCCCCCCCCCCCCC/C=C\C/C=C\C/C=C\CCCCCCC. The molecular formula is C73H124O6. The summed E-state index contributed by atoms with van der Waals surface area (Å²) in [7, 11) is 0. The number of allylic oxidation sites excluding steroid dienone is 18. The van der Waals surface area contributed by atoms with Crippen LogP contribution in [0.3, 0.4) is 0 Å². The van der Waals surface area contributed by atoms with Crippen molar-refractivity contribution in [2.45, 2.75) is 322 Å². The van der Waals surface area contributed by atoms with E-state index in [0.29, 0.717) is 19.3 Å². The number of ether oxygens (including phenoxy) is 3. The Kier molecular flexibility index (Phi) is 63.3. The van der Waals surface area contributed by atoms with Crippen LogP contribution in [0.1, 0.15) is 316 Å². The first kappa shape index (κ1) is 75.1. The number of esters is 3. The van der Waals surface area contributed by atoms with Gasteiger partial charge in [-0.1, -0.05) is 297 Å². The summed E-state index contributed by atoms with van der Waals surface area (Å²) in [5.41, 5.74) is 0. The Hall–Kier alpha value is -3.93. The Bertz CT molecular complexity index is 1590. The van der Waals surface area contributed by atoms with E-state index in [1.807, 2.05) is 0 Å². The molecule has 0 aromatic rings. The molecule has 0 spiro atoms. The molecule has 0 aliphatic heterocycles. The highest BCUT2D eigenvalue weighted by Crippen LogP contribution is 2.16. The van der Waals surface area contributed by atoms with E-state index in [9.17, 15) is 14.4 Å². The minimum absolute atomic E-state index is 0.0834. The fourth-order valence-corrected chi connectivity index (χ4v) is 9.28. The van der Waals surface area contributed by atoms with Crippen LogP contribution in [-0.2, 0) is 28.6 Å². The molecule has 0 fully saturated rings. The Balaban J connectivity index is 4.04. The van der Waals surface area contributed by atoms with E-state index in [2.05, 4.69) is 130 Å². The third kappa shape index (κ3) is 64.8. The number of hydrogen-bond donors (Lipinski definition) is 0. The standard InChI is InChI=1S/C73H124O6/c1-4-7-10-13-15-17-19-21-23-25-27-29-31-33-34-35-36-37-38-40-41-43-45-47-49-51-53-55-57-60-63-66-72(75)78-69-70(68-77-71(74)65-62-59-12-9-6-3)79-73(76)67-64-61-58-56-54-52-50-48-46-44-42-39-32-30-28-26-24-22-20-18-16-14-11-8-5-2/h8,11,16,18-19,21-22,24-25,27-28,30-31,33,39,42,46,48,70H,4-7,9-10,12-15,17,20,23,26,29,32,34-38,40-41,43-45,47,49-69H2,1-3H3/b11-8-,18-16-,21-19-,24-22-,27-25-,30-28-,33-31-,42-39-,48-46-. The number of carbonyl (C=O) groups excluding carboxylic acids is 3. The second-order valence-corrected chi connectivity index (χ2v) is 22.0. The quantitative estimate of drug-likeness (QED) is 0.0261. The van der Waals surface area contributed by atoms with Crippen LogP contribution in [0.2, 0.25) is 0 Å². The number of unbranched alkanes of at least 4 members (excludes halogenated alkanes) is 31. The van der Waals surface area contributed by atoms with E-state index in [4.69, 9.17) is 14.2 Å². The third-order valence-electron chi connectivity index (χ3n) is 14.3. The topological polar surface area (TPSA) is 78.9 Å². The van der Waals surface area contributed by atoms with Gasteiger partial charge in [-0.15, -0.1) is 0 Å². The summed E-state index contributed by atoms with van der Waals surface area (Å²) in [5.74, 6) is -0.906. The van der Waals surface area contributed by atoms with E-state index in [1.165, 1.54) is 148 Å². The molecule has 0 aliphatic carbocycles. The zero-order chi connectivity index (χ0) is 57.1. The van der Waals surface area contributed by atoms with Crippen LogP contribution in [0.25, 0.3) is 0 Å². The summed E-state index contributed by atoms with van der Waals surface area (Å²) in [5, 5.41) is 0. The fraction of sp³-hybridized carbons (Fsp3) is 0.712. The lowest BCUT2D eigenvalue weighted by Crippen LogP contribution is -2.30. The van der Waals surface area contributed by atoms with Gasteiger partial charge in [0.15, 0.2) is 6.10 Å². The molecule has 0 amide bonds. The molecule has 0 saturated heterocycles. The second kappa shape index (κ2) is 66.6. The van der Waals surface area contributed by atoms with Crippen molar-refractivity contribution >= 4 is 17.9 Å². The van der Waals surface area contributed by atoms with Crippen LogP contribution < -0.4 is 0 Å². The number of hydrogen-bond acceptors (Lipinski definition) is 6. The van der Waals surface area contributed by atoms with E-state index >= 15 is 0 Å². The minimum atomic E-state index is -0.784. The van der Waals surface area contributed by atoms with Crippen LogP contribution in [0.5, 0.6) is 0 Å². The summed E-state index contributed by atoms with van der Waals surface area (Å²) in [6, 6.07) is 0. The maximum absolute atomic E-state index is 12.8. The summed E-state index contributed by atoms with van der Waals surface area (Å²) in [6.45, 7) is 6.44. The summed E-state index contributed by atoms with van der Waals surface area (Å²) < 4.78 is 16.8. The van der Waals surface area contributed by atoms with E-state index in [1.54, 1.807) is 0 Å². The third-order valence-corrected chi connectivity index (χ3v) is 14.3. The van der Waals surface area contributed by atoms with Crippen molar-refractivity contribution in [1.82, 2.24) is 0 Å². The molecule has 0 N–H and O–H groups in total. The molecule has 0 rings (SSSR count). The van der Waals surface area contributed by atoms with Gasteiger partial charge < -0.3 is 14.2 Å². The van der Waals surface area contributed by atoms with E-state index in [0.717, 1.165) is 128 Å². The van der Waals surface area contributed by atoms with Gasteiger partial charge in [-0.25, -0.2) is 0 Å². The van der Waals surface area contributed by atoms with Crippen LogP contribution in [0.4, 0.5) is 0 Å². The van der Waals surface area contributed by atoms with E-state index < -0.39 is 6.10 Å². The normalized spacial score (nSPS) is 12.8. The Labute approximate surface area is 489 Å². The molecule has 0 aromatic heterocycles. The molecule has 0 aliphatic rings. The lowest BCUT2D eigenvalue weighted by Gasteiger charge is -2.18. The first-order valence-electron chi connectivity index (χ1n) is 33.4. The molecule has 0 radical (unpaired) electrons. The monoisotopic (exact) mass is 1100 g/mol. The first-order valence-corrected chi connectivity index (χ1v) is 33.4. The van der Waals surface area contributed by atoms with Crippen molar-refractivity contribution in [2.75, 3.05) is 13.2 Å². The largest absolute Gasteiger partial charge is 0.462 e. The van der Waals surface area contributed by atoms with Crippen LogP contribution in [0.15, 0.2) is 109 Å². The van der Waals surface area contributed by atoms with Gasteiger partial charge in [-0.3, -0.25) is 14.4 Å². The van der Waals surface area contributed by atoms with Crippen molar-refractivity contribution in [2.24, 2.45) is 0 Å². The highest BCUT2D eigenvalue weighted by atomic mass is 16.6. The molecule has 6 nitrogen and oxygen atoms in total. The van der Waals surface area contributed by atoms with Gasteiger partial charge in [-0.05, 0) is 109 Å². The van der Waals surface area contributed by atoms with Crippen molar-refractivity contribution < 1.29 is 28.6 Å². The van der Waals surface area contributed by atoms with Crippen LogP contribution in [0, 0.1) is 0 Å². The highest BCUT2D eigenvalue weighted by Gasteiger charge is 2.19. The minimum Gasteiger partial charge on any atom is -0.462 e. The summed E-state index contributed by atoms with van der Waals surface area (Å²) in [6.07, 6.45) is 91.6.